The molecular formula is C15H23N3O3. The van der Waals surface area contributed by atoms with Gasteiger partial charge in [-0.15, -0.1) is 0 Å². The van der Waals surface area contributed by atoms with Crippen LogP contribution in [-0.4, -0.2) is 57.6 Å². The molecular weight excluding hydrogens is 270 g/mol. The monoisotopic (exact) mass is 293 g/mol. The SMILES string of the molecule is COc1ccc(C(=O)NCC(=O)NCCCN(C)C)cc1. The number of amides is 2. The van der Waals surface area contributed by atoms with Crippen molar-refractivity contribution in [2.75, 3.05) is 40.8 Å². The van der Waals surface area contributed by atoms with Gasteiger partial charge < -0.3 is 20.3 Å². The number of carbonyl (C=O) groups excluding carboxylic acids is 2. The predicted octanol–water partition coefficient (Wildman–Crippen LogP) is 0.493. The molecule has 116 valence electrons. The first-order chi connectivity index (χ1) is 10.0. The van der Waals surface area contributed by atoms with Gasteiger partial charge in [0.1, 0.15) is 5.75 Å². The molecule has 0 fully saturated rings. The summed E-state index contributed by atoms with van der Waals surface area (Å²) in [6.07, 6.45) is 0.880. The molecule has 0 bridgehead atoms. The van der Waals surface area contributed by atoms with E-state index in [0.29, 0.717) is 17.9 Å². The van der Waals surface area contributed by atoms with E-state index in [1.54, 1.807) is 31.4 Å². The van der Waals surface area contributed by atoms with Crippen LogP contribution in [0.4, 0.5) is 0 Å². The normalized spacial score (nSPS) is 10.3. The fourth-order valence-electron chi connectivity index (χ4n) is 1.69. The van der Waals surface area contributed by atoms with Gasteiger partial charge in [0.25, 0.3) is 5.91 Å². The van der Waals surface area contributed by atoms with Crippen molar-refractivity contribution < 1.29 is 14.3 Å². The first kappa shape index (κ1) is 17.0. The fraction of sp³-hybridized carbons (Fsp3) is 0.467. The molecule has 0 radical (unpaired) electrons. The molecule has 1 aromatic rings. The highest BCUT2D eigenvalue weighted by Crippen LogP contribution is 2.10. The second kappa shape index (κ2) is 8.97. The van der Waals surface area contributed by atoms with Gasteiger partial charge in [-0.3, -0.25) is 9.59 Å². The number of hydrogen-bond acceptors (Lipinski definition) is 4. The van der Waals surface area contributed by atoms with Crippen molar-refractivity contribution in [1.29, 1.82) is 0 Å². The Labute approximate surface area is 125 Å². The van der Waals surface area contributed by atoms with Crippen molar-refractivity contribution in [2.45, 2.75) is 6.42 Å². The number of nitrogens with one attached hydrogen (secondary N) is 2. The van der Waals surface area contributed by atoms with E-state index in [1.807, 2.05) is 14.1 Å². The van der Waals surface area contributed by atoms with Gasteiger partial charge in [-0.25, -0.2) is 0 Å². The first-order valence-corrected chi connectivity index (χ1v) is 6.86. The van der Waals surface area contributed by atoms with E-state index in [-0.39, 0.29) is 18.4 Å². The molecule has 6 heteroatoms. The molecule has 0 unspecified atom stereocenters. The van der Waals surface area contributed by atoms with Gasteiger partial charge in [-0.1, -0.05) is 0 Å². The third kappa shape index (κ3) is 6.76. The minimum atomic E-state index is -0.277. The zero-order chi connectivity index (χ0) is 15.7. The molecule has 0 atom stereocenters. The molecule has 1 rings (SSSR count). The molecule has 1 aromatic carbocycles. The van der Waals surface area contributed by atoms with Crippen molar-refractivity contribution >= 4 is 11.8 Å². The van der Waals surface area contributed by atoms with E-state index in [2.05, 4.69) is 15.5 Å². The van der Waals surface area contributed by atoms with E-state index in [0.717, 1.165) is 13.0 Å². The summed E-state index contributed by atoms with van der Waals surface area (Å²) >= 11 is 0. The van der Waals surface area contributed by atoms with E-state index in [9.17, 15) is 9.59 Å². The largest absolute Gasteiger partial charge is 0.497 e. The van der Waals surface area contributed by atoms with Crippen molar-refractivity contribution in [2.24, 2.45) is 0 Å². The molecule has 0 aliphatic carbocycles. The number of carbonyl (C=O) groups is 2. The van der Waals surface area contributed by atoms with Crippen molar-refractivity contribution in [3.63, 3.8) is 0 Å². The molecule has 0 spiro atoms. The standard InChI is InChI=1S/C15H23N3O3/c1-18(2)10-4-9-16-14(19)11-17-15(20)12-5-7-13(21-3)8-6-12/h5-8H,4,9-11H2,1-3H3,(H,16,19)(H,17,20). The Hall–Kier alpha value is -2.08. The van der Waals surface area contributed by atoms with Gasteiger partial charge in [0.15, 0.2) is 0 Å². The summed E-state index contributed by atoms with van der Waals surface area (Å²) in [5, 5.41) is 5.35. The summed E-state index contributed by atoms with van der Waals surface area (Å²) in [5.74, 6) is 0.224. The highest BCUT2D eigenvalue weighted by Gasteiger charge is 2.07. The first-order valence-electron chi connectivity index (χ1n) is 6.86. The molecule has 0 saturated carbocycles. The summed E-state index contributed by atoms with van der Waals surface area (Å²) in [4.78, 5) is 25.4. The van der Waals surface area contributed by atoms with E-state index < -0.39 is 0 Å². The maximum atomic E-state index is 11.8. The van der Waals surface area contributed by atoms with Crippen LogP contribution >= 0.6 is 0 Å². The molecule has 0 aliphatic rings. The van der Waals surface area contributed by atoms with Crippen LogP contribution in [0.25, 0.3) is 0 Å². The molecule has 6 nitrogen and oxygen atoms in total. The lowest BCUT2D eigenvalue weighted by molar-refractivity contribution is -0.120. The maximum absolute atomic E-state index is 11.8. The third-order valence-electron chi connectivity index (χ3n) is 2.87. The van der Waals surface area contributed by atoms with Crippen molar-refractivity contribution in [3.05, 3.63) is 29.8 Å². The van der Waals surface area contributed by atoms with Crippen LogP contribution in [0.15, 0.2) is 24.3 Å². The molecule has 0 saturated heterocycles. The average Bonchev–Trinajstić information content (AvgIpc) is 2.49. The Balaban J connectivity index is 2.26. The maximum Gasteiger partial charge on any atom is 0.251 e. The summed E-state index contributed by atoms with van der Waals surface area (Å²) in [6.45, 7) is 1.50. The predicted molar refractivity (Wildman–Crippen MR) is 81.5 cm³/mol. The number of methoxy groups -OCH3 is 1. The van der Waals surface area contributed by atoms with Gasteiger partial charge >= 0.3 is 0 Å². The smallest absolute Gasteiger partial charge is 0.251 e. The van der Waals surface area contributed by atoms with Crippen LogP contribution in [0.1, 0.15) is 16.8 Å². The highest BCUT2D eigenvalue weighted by molar-refractivity contribution is 5.96. The molecule has 0 aliphatic heterocycles. The highest BCUT2D eigenvalue weighted by atomic mass is 16.5. The molecule has 0 heterocycles. The van der Waals surface area contributed by atoms with E-state index in [4.69, 9.17) is 4.74 Å². The third-order valence-corrected chi connectivity index (χ3v) is 2.87. The average molecular weight is 293 g/mol. The van der Waals surface area contributed by atoms with Gasteiger partial charge in [-0.2, -0.15) is 0 Å². The lowest BCUT2D eigenvalue weighted by Crippen LogP contribution is -2.37. The number of rotatable bonds is 8. The number of benzene rings is 1. The quantitative estimate of drug-likeness (QED) is 0.685. The minimum absolute atomic E-state index is 0.0210. The lowest BCUT2D eigenvalue weighted by atomic mass is 10.2. The van der Waals surface area contributed by atoms with Crippen LogP contribution in [0, 0.1) is 0 Å². The number of hydrogen-bond donors (Lipinski definition) is 2. The molecule has 21 heavy (non-hydrogen) atoms. The Kier molecular flexibility index (Phi) is 7.25. The molecule has 0 aromatic heterocycles. The van der Waals surface area contributed by atoms with Crippen LogP contribution in [-0.2, 0) is 4.79 Å². The number of nitrogens with zero attached hydrogens (tertiary/aromatic N) is 1. The van der Waals surface area contributed by atoms with E-state index in [1.165, 1.54) is 0 Å². The second-order valence-electron chi connectivity index (χ2n) is 4.92. The summed E-state index contributed by atoms with van der Waals surface area (Å²) in [5.41, 5.74) is 0.496. The van der Waals surface area contributed by atoms with E-state index >= 15 is 0 Å². The Bertz CT molecular complexity index is 458. The van der Waals surface area contributed by atoms with Gasteiger partial charge in [0.2, 0.25) is 5.91 Å². The number of ether oxygens (including phenoxy) is 1. The summed E-state index contributed by atoms with van der Waals surface area (Å²) in [7, 11) is 5.53. The molecule has 2 amide bonds. The van der Waals surface area contributed by atoms with Gasteiger partial charge in [0.05, 0.1) is 13.7 Å². The Morgan fingerprint density at radius 3 is 2.38 bits per heavy atom. The second-order valence-corrected chi connectivity index (χ2v) is 4.92. The zero-order valence-corrected chi connectivity index (χ0v) is 12.8. The zero-order valence-electron chi connectivity index (χ0n) is 12.8. The molecule has 2 N–H and O–H groups in total. The minimum Gasteiger partial charge on any atom is -0.497 e. The van der Waals surface area contributed by atoms with Crippen molar-refractivity contribution in [1.82, 2.24) is 15.5 Å². The van der Waals surface area contributed by atoms with Gasteiger partial charge in [0, 0.05) is 12.1 Å². The summed E-state index contributed by atoms with van der Waals surface area (Å²) in [6, 6.07) is 6.72. The van der Waals surface area contributed by atoms with Crippen molar-refractivity contribution in [3.8, 4) is 5.75 Å². The summed E-state index contributed by atoms with van der Waals surface area (Å²) < 4.78 is 5.02. The van der Waals surface area contributed by atoms with Crippen LogP contribution in [0.2, 0.25) is 0 Å². The van der Waals surface area contributed by atoms with Crippen LogP contribution in [0.3, 0.4) is 0 Å². The Morgan fingerprint density at radius 2 is 1.81 bits per heavy atom. The fourth-order valence-corrected chi connectivity index (χ4v) is 1.69. The lowest BCUT2D eigenvalue weighted by Gasteiger charge is -2.10. The van der Waals surface area contributed by atoms with Gasteiger partial charge in [-0.05, 0) is 51.3 Å². The topological polar surface area (TPSA) is 70.7 Å². The Morgan fingerprint density at radius 1 is 1.14 bits per heavy atom. The van der Waals surface area contributed by atoms with Crippen LogP contribution < -0.4 is 15.4 Å². The van der Waals surface area contributed by atoms with Crippen LogP contribution in [0.5, 0.6) is 5.75 Å².